The van der Waals surface area contributed by atoms with E-state index in [9.17, 15) is 14.4 Å². The number of carbonyl (C=O) groups is 3. The monoisotopic (exact) mass is 450 g/mol. The number of nitrogens with one attached hydrogen (secondary N) is 1. The first kappa shape index (κ1) is 24.0. The summed E-state index contributed by atoms with van der Waals surface area (Å²) in [6.45, 7) is 6.38. The molecule has 1 atom stereocenters. The minimum atomic E-state index is -0.905. The molecule has 0 saturated carbocycles. The van der Waals surface area contributed by atoms with Gasteiger partial charge in [-0.1, -0.05) is 54.6 Å². The Morgan fingerprint density at radius 1 is 1.12 bits per heavy atom. The summed E-state index contributed by atoms with van der Waals surface area (Å²) in [5.41, 5.74) is 4.50. The first-order valence-corrected chi connectivity index (χ1v) is 11.2. The zero-order valence-corrected chi connectivity index (χ0v) is 18.8. The molecule has 2 N–H and O–H groups in total. The van der Waals surface area contributed by atoms with Crippen molar-refractivity contribution in [3.8, 4) is 11.1 Å². The topological polar surface area (TPSA) is 95.9 Å². The first-order chi connectivity index (χ1) is 16.0. The molecule has 174 valence electrons. The van der Waals surface area contributed by atoms with Gasteiger partial charge in [-0.05, 0) is 42.0 Å². The summed E-state index contributed by atoms with van der Waals surface area (Å²) in [5.74, 6) is -1.26. The van der Waals surface area contributed by atoms with Crippen molar-refractivity contribution in [2.45, 2.75) is 38.1 Å². The second-order valence-electron chi connectivity index (χ2n) is 7.96. The number of carboxylic acids is 1. The zero-order valence-electron chi connectivity index (χ0n) is 18.8. The lowest BCUT2D eigenvalue weighted by atomic mass is 9.98. The number of likely N-dealkylation sites (N-methyl/N-ethyl adjacent to an activating group) is 1. The Balaban J connectivity index is 1.63. The van der Waals surface area contributed by atoms with E-state index in [-0.39, 0.29) is 31.3 Å². The average Bonchev–Trinajstić information content (AvgIpc) is 3.13. The van der Waals surface area contributed by atoms with E-state index in [4.69, 9.17) is 9.84 Å². The van der Waals surface area contributed by atoms with Crippen LogP contribution in [0.4, 0.5) is 4.79 Å². The van der Waals surface area contributed by atoms with Crippen molar-refractivity contribution < 1.29 is 24.2 Å². The molecule has 2 aromatic carbocycles. The number of hydrogen-bond donors (Lipinski definition) is 2. The maximum absolute atomic E-state index is 12.9. The van der Waals surface area contributed by atoms with Crippen LogP contribution in [0, 0.1) is 0 Å². The lowest BCUT2D eigenvalue weighted by molar-refractivity contribution is -0.138. The minimum Gasteiger partial charge on any atom is -0.481 e. The van der Waals surface area contributed by atoms with Crippen LogP contribution in [-0.4, -0.2) is 53.7 Å². The summed E-state index contributed by atoms with van der Waals surface area (Å²) in [4.78, 5) is 37.8. The summed E-state index contributed by atoms with van der Waals surface area (Å²) in [5, 5.41) is 11.5. The second kappa shape index (κ2) is 11.3. The molecular formula is C26H30N2O5. The highest BCUT2D eigenvalue weighted by atomic mass is 16.5. The van der Waals surface area contributed by atoms with Crippen LogP contribution in [0.25, 0.3) is 11.1 Å². The normalized spacial score (nSPS) is 12.9. The fourth-order valence-electron chi connectivity index (χ4n) is 4.24. The smallest absolute Gasteiger partial charge is 0.407 e. The number of ether oxygens (including phenoxy) is 1. The Hall–Kier alpha value is -3.61. The van der Waals surface area contributed by atoms with Gasteiger partial charge in [-0.3, -0.25) is 9.59 Å². The van der Waals surface area contributed by atoms with E-state index >= 15 is 0 Å². The summed E-state index contributed by atoms with van der Waals surface area (Å²) < 4.78 is 5.56. The maximum atomic E-state index is 12.9. The van der Waals surface area contributed by atoms with Gasteiger partial charge in [-0.25, -0.2) is 4.79 Å². The number of nitrogens with zero attached hydrogens (tertiary/aromatic N) is 1. The van der Waals surface area contributed by atoms with E-state index in [0.29, 0.717) is 19.5 Å². The molecule has 33 heavy (non-hydrogen) atoms. The van der Waals surface area contributed by atoms with E-state index in [0.717, 1.165) is 22.3 Å². The third-order valence-electron chi connectivity index (χ3n) is 5.85. The van der Waals surface area contributed by atoms with Gasteiger partial charge in [-0.15, -0.1) is 6.58 Å². The Morgan fingerprint density at radius 2 is 1.73 bits per heavy atom. The molecule has 0 aliphatic heterocycles. The molecule has 1 aliphatic rings. The summed E-state index contributed by atoms with van der Waals surface area (Å²) in [7, 11) is 0. The van der Waals surface area contributed by atoms with E-state index < -0.39 is 18.1 Å². The average molecular weight is 451 g/mol. The summed E-state index contributed by atoms with van der Waals surface area (Å²) in [6.07, 6.45) is 1.48. The fourth-order valence-corrected chi connectivity index (χ4v) is 4.24. The molecule has 1 aliphatic carbocycles. The van der Waals surface area contributed by atoms with Crippen molar-refractivity contribution in [1.82, 2.24) is 10.2 Å². The third kappa shape index (κ3) is 5.80. The largest absolute Gasteiger partial charge is 0.481 e. The van der Waals surface area contributed by atoms with Crippen molar-refractivity contribution >= 4 is 18.0 Å². The van der Waals surface area contributed by atoms with Gasteiger partial charge < -0.3 is 20.1 Å². The van der Waals surface area contributed by atoms with Crippen molar-refractivity contribution in [3.05, 3.63) is 72.3 Å². The van der Waals surface area contributed by atoms with E-state index in [1.807, 2.05) is 43.3 Å². The van der Waals surface area contributed by atoms with E-state index in [1.165, 1.54) is 0 Å². The number of fused-ring (bicyclic) bond motifs is 3. The highest BCUT2D eigenvalue weighted by Gasteiger charge is 2.30. The van der Waals surface area contributed by atoms with Gasteiger partial charge in [-0.2, -0.15) is 0 Å². The SMILES string of the molecule is C=CCC(NC(=O)OCC1c2ccccc2-c2ccccc21)C(=O)N(CC)CCCC(=O)O. The summed E-state index contributed by atoms with van der Waals surface area (Å²) in [6, 6.07) is 15.3. The van der Waals surface area contributed by atoms with Gasteiger partial charge in [0.1, 0.15) is 12.6 Å². The molecule has 1 unspecified atom stereocenters. The molecule has 2 aromatic rings. The van der Waals surface area contributed by atoms with Crippen LogP contribution in [-0.2, 0) is 14.3 Å². The minimum absolute atomic E-state index is 0.0181. The Morgan fingerprint density at radius 3 is 2.27 bits per heavy atom. The second-order valence-corrected chi connectivity index (χ2v) is 7.96. The highest BCUT2D eigenvalue weighted by molar-refractivity contribution is 5.86. The van der Waals surface area contributed by atoms with Crippen molar-refractivity contribution in [1.29, 1.82) is 0 Å². The van der Waals surface area contributed by atoms with Gasteiger partial charge in [0.05, 0.1) is 0 Å². The zero-order chi connectivity index (χ0) is 23.8. The van der Waals surface area contributed by atoms with Crippen LogP contribution in [0.15, 0.2) is 61.2 Å². The Kier molecular flexibility index (Phi) is 8.24. The molecule has 0 spiro atoms. The quantitative estimate of drug-likeness (QED) is 0.501. The molecule has 0 fully saturated rings. The van der Waals surface area contributed by atoms with Crippen LogP contribution >= 0.6 is 0 Å². The van der Waals surface area contributed by atoms with Gasteiger partial charge in [0.2, 0.25) is 5.91 Å². The van der Waals surface area contributed by atoms with Gasteiger partial charge in [0.25, 0.3) is 0 Å². The van der Waals surface area contributed by atoms with Crippen molar-refractivity contribution in [3.63, 3.8) is 0 Å². The number of carbonyl (C=O) groups excluding carboxylic acids is 2. The van der Waals surface area contributed by atoms with Gasteiger partial charge >= 0.3 is 12.1 Å². The molecule has 0 radical (unpaired) electrons. The van der Waals surface area contributed by atoms with Crippen molar-refractivity contribution in [2.75, 3.05) is 19.7 Å². The maximum Gasteiger partial charge on any atom is 0.407 e. The van der Waals surface area contributed by atoms with Gasteiger partial charge in [0, 0.05) is 25.4 Å². The van der Waals surface area contributed by atoms with E-state index in [2.05, 4.69) is 24.0 Å². The lowest BCUT2D eigenvalue weighted by Gasteiger charge is -2.26. The predicted octanol–water partition coefficient (Wildman–Crippen LogP) is 4.18. The Labute approximate surface area is 194 Å². The molecule has 7 heteroatoms. The van der Waals surface area contributed by atoms with Crippen LogP contribution in [0.2, 0.25) is 0 Å². The number of alkyl carbamates (subject to hydrolysis) is 1. The number of rotatable bonds is 11. The molecule has 3 rings (SSSR count). The highest BCUT2D eigenvalue weighted by Crippen LogP contribution is 2.44. The number of amides is 2. The lowest BCUT2D eigenvalue weighted by Crippen LogP contribution is -2.49. The molecule has 0 saturated heterocycles. The molecule has 0 bridgehead atoms. The molecular weight excluding hydrogens is 420 g/mol. The van der Waals surface area contributed by atoms with Crippen LogP contribution in [0.5, 0.6) is 0 Å². The fraction of sp³-hybridized carbons (Fsp3) is 0.346. The van der Waals surface area contributed by atoms with Crippen LogP contribution in [0.1, 0.15) is 43.2 Å². The van der Waals surface area contributed by atoms with Gasteiger partial charge in [0.15, 0.2) is 0 Å². The molecule has 7 nitrogen and oxygen atoms in total. The molecule has 0 aromatic heterocycles. The summed E-state index contributed by atoms with van der Waals surface area (Å²) >= 11 is 0. The standard InChI is InChI=1S/C26H30N2O5/c1-3-10-23(25(31)28(4-2)16-9-15-24(29)30)27-26(32)33-17-22-20-13-7-5-11-18(20)19-12-6-8-14-21(19)22/h3,5-8,11-14,22-23H,1,4,9-10,15-17H2,2H3,(H,27,32)(H,29,30). The third-order valence-corrected chi connectivity index (χ3v) is 5.85. The van der Waals surface area contributed by atoms with Crippen LogP contribution in [0.3, 0.4) is 0 Å². The molecule has 0 heterocycles. The number of benzene rings is 2. The van der Waals surface area contributed by atoms with Crippen molar-refractivity contribution in [2.24, 2.45) is 0 Å². The van der Waals surface area contributed by atoms with Crippen LogP contribution < -0.4 is 5.32 Å². The number of hydrogen-bond acceptors (Lipinski definition) is 4. The predicted molar refractivity (Wildman–Crippen MR) is 126 cm³/mol. The first-order valence-electron chi connectivity index (χ1n) is 11.2. The number of aliphatic carboxylic acids is 1. The molecule has 2 amide bonds. The van der Waals surface area contributed by atoms with E-state index in [1.54, 1.807) is 11.0 Å². The number of carboxylic acid groups (broad SMARTS) is 1. The Bertz CT molecular complexity index is 974.